The molecule has 1 aromatic rings. The Morgan fingerprint density at radius 3 is 2.62 bits per heavy atom. The summed E-state index contributed by atoms with van der Waals surface area (Å²) >= 11 is 1.45. The van der Waals surface area contributed by atoms with Crippen molar-refractivity contribution in [2.75, 3.05) is 37.6 Å². The van der Waals surface area contributed by atoms with E-state index in [1.807, 2.05) is 12.1 Å². The third-order valence-electron chi connectivity index (χ3n) is 2.69. The highest BCUT2D eigenvalue weighted by Crippen LogP contribution is 2.19. The van der Waals surface area contributed by atoms with Crippen molar-refractivity contribution in [2.24, 2.45) is 0 Å². The molecule has 1 rings (SSSR count). The first-order chi connectivity index (χ1) is 9.96. The fourth-order valence-electron chi connectivity index (χ4n) is 1.68. The topological polar surface area (TPSA) is 102 Å². The molecule has 0 bridgehead atoms. The molecule has 0 spiro atoms. The van der Waals surface area contributed by atoms with Gasteiger partial charge in [-0.2, -0.15) is 0 Å². The summed E-state index contributed by atoms with van der Waals surface area (Å²) in [4.78, 5) is 0.975. The molecule has 0 aliphatic carbocycles. The van der Waals surface area contributed by atoms with Crippen molar-refractivity contribution in [1.82, 2.24) is 4.72 Å². The fourth-order valence-corrected chi connectivity index (χ4v) is 4.27. The highest BCUT2D eigenvalue weighted by atomic mass is 32.2. The van der Waals surface area contributed by atoms with Crippen LogP contribution in [0, 0.1) is 0 Å². The Hall–Kier alpha value is -0.800. The predicted octanol–water partition coefficient (Wildman–Crippen LogP) is 0.678. The number of nitrogens with one attached hydrogen (secondary N) is 1. The number of rotatable bonds is 10. The Morgan fingerprint density at radius 1 is 1.38 bits per heavy atom. The van der Waals surface area contributed by atoms with Crippen LogP contribution >= 0.6 is 11.8 Å². The Morgan fingerprint density at radius 2 is 2.05 bits per heavy atom. The van der Waals surface area contributed by atoms with E-state index in [1.165, 1.54) is 18.9 Å². The number of aliphatic hydroxyl groups is 1. The molecule has 0 heterocycles. The third kappa shape index (κ3) is 7.68. The zero-order chi connectivity index (χ0) is 15.7. The minimum absolute atomic E-state index is 0.00762. The maximum atomic E-state index is 12.0. The number of hydrogen-bond donors (Lipinski definition) is 3. The van der Waals surface area contributed by atoms with Gasteiger partial charge < -0.3 is 15.6 Å². The van der Waals surface area contributed by atoms with Crippen LogP contribution in [0.3, 0.4) is 0 Å². The van der Waals surface area contributed by atoms with Crippen LogP contribution < -0.4 is 10.5 Å². The van der Waals surface area contributed by atoms with E-state index in [0.717, 1.165) is 4.90 Å². The molecule has 0 amide bonds. The SMILES string of the molecule is COCC(CCO)NS(=O)(=O)CCSc1ccc(N)cc1. The van der Waals surface area contributed by atoms with Crippen LogP contribution in [0.5, 0.6) is 0 Å². The number of aliphatic hydroxyl groups excluding tert-OH is 1. The number of methoxy groups -OCH3 is 1. The summed E-state index contributed by atoms with van der Waals surface area (Å²) in [5, 5.41) is 8.90. The van der Waals surface area contributed by atoms with Crippen LogP contribution in [0.2, 0.25) is 0 Å². The van der Waals surface area contributed by atoms with Crippen LogP contribution in [0.4, 0.5) is 5.69 Å². The maximum absolute atomic E-state index is 12.0. The quantitative estimate of drug-likeness (QED) is 0.429. The zero-order valence-electron chi connectivity index (χ0n) is 12.0. The number of ether oxygens (including phenoxy) is 1. The van der Waals surface area contributed by atoms with Crippen molar-refractivity contribution in [2.45, 2.75) is 17.4 Å². The van der Waals surface area contributed by atoms with Crippen molar-refractivity contribution in [1.29, 1.82) is 0 Å². The van der Waals surface area contributed by atoms with Crippen LogP contribution in [0.25, 0.3) is 0 Å². The molecule has 120 valence electrons. The molecule has 0 fully saturated rings. The number of sulfonamides is 1. The lowest BCUT2D eigenvalue weighted by Gasteiger charge is -2.16. The minimum Gasteiger partial charge on any atom is -0.399 e. The first kappa shape index (κ1) is 18.2. The molecule has 0 aliphatic heterocycles. The number of nitrogens with two attached hydrogens (primary N) is 1. The second-order valence-electron chi connectivity index (χ2n) is 4.52. The summed E-state index contributed by atoms with van der Waals surface area (Å²) in [6, 6.07) is 6.89. The minimum atomic E-state index is -3.39. The van der Waals surface area contributed by atoms with Crippen LogP contribution in [0.1, 0.15) is 6.42 Å². The summed E-state index contributed by atoms with van der Waals surface area (Å²) in [6.45, 7) is 0.154. The molecule has 6 nitrogen and oxygen atoms in total. The van der Waals surface area contributed by atoms with Gasteiger partial charge in [0.15, 0.2) is 0 Å². The van der Waals surface area contributed by atoms with E-state index in [9.17, 15) is 8.42 Å². The summed E-state index contributed by atoms with van der Waals surface area (Å²) in [6.07, 6.45) is 0.332. The monoisotopic (exact) mass is 334 g/mol. The molecule has 1 atom stereocenters. The third-order valence-corrected chi connectivity index (χ3v) is 5.40. The van der Waals surface area contributed by atoms with Gasteiger partial charge >= 0.3 is 0 Å². The van der Waals surface area contributed by atoms with Crippen molar-refractivity contribution in [3.63, 3.8) is 0 Å². The molecule has 0 aromatic heterocycles. The highest BCUT2D eigenvalue weighted by Gasteiger charge is 2.17. The average Bonchev–Trinajstić information content (AvgIpc) is 2.41. The summed E-state index contributed by atoms with van der Waals surface area (Å²) in [7, 11) is -1.89. The van der Waals surface area contributed by atoms with Gasteiger partial charge in [-0.3, -0.25) is 0 Å². The molecular weight excluding hydrogens is 312 g/mol. The fraction of sp³-hybridized carbons (Fsp3) is 0.538. The first-order valence-electron chi connectivity index (χ1n) is 6.55. The molecule has 0 saturated heterocycles. The van der Waals surface area contributed by atoms with Crippen LogP contribution in [-0.2, 0) is 14.8 Å². The number of nitrogen functional groups attached to an aromatic ring is 1. The number of thioether (sulfide) groups is 1. The molecular formula is C13H22N2O4S2. The standard InChI is InChI=1S/C13H22N2O4S2/c1-19-10-12(6-7-16)15-21(17,18)9-8-20-13-4-2-11(14)3-5-13/h2-5,12,15-16H,6-10,14H2,1H3. The molecule has 8 heteroatoms. The van der Waals surface area contributed by atoms with Crippen molar-refractivity contribution in [3.05, 3.63) is 24.3 Å². The van der Waals surface area contributed by atoms with Crippen molar-refractivity contribution in [3.8, 4) is 0 Å². The number of benzene rings is 1. The first-order valence-corrected chi connectivity index (χ1v) is 9.19. The van der Waals surface area contributed by atoms with Crippen molar-refractivity contribution < 1.29 is 18.3 Å². The van der Waals surface area contributed by atoms with E-state index in [0.29, 0.717) is 17.9 Å². The van der Waals surface area contributed by atoms with Gasteiger partial charge in [-0.15, -0.1) is 11.8 Å². The van der Waals surface area contributed by atoms with E-state index in [4.69, 9.17) is 15.6 Å². The Balaban J connectivity index is 2.42. The highest BCUT2D eigenvalue weighted by molar-refractivity contribution is 8.00. The second kappa shape index (κ2) is 9.26. The van der Waals surface area contributed by atoms with Crippen LogP contribution in [0.15, 0.2) is 29.2 Å². The Labute approximate surface area is 130 Å². The van der Waals surface area contributed by atoms with Gasteiger partial charge in [0.2, 0.25) is 10.0 Å². The molecule has 4 N–H and O–H groups in total. The molecule has 0 saturated carbocycles. The van der Waals surface area contributed by atoms with Crippen molar-refractivity contribution >= 4 is 27.5 Å². The average molecular weight is 334 g/mol. The molecule has 21 heavy (non-hydrogen) atoms. The molecule has 0 radical (unpaired) electrons. The van der Waals surface area contributed by atoms with E-state index >= 15 is 0 Å². The smallest absolute Gasteiger partial charge is 0.212 e. The lowest BCUT2D eigenvalue weighted by Crippen LogP contribution is -2.40. The number of hydrogen-bond acceptors (Lipinski definition) is 6. The van der Waals surface area contributed by atoms with Gasteiger partial charge in [-0.1, -0.05) is 0 Å². The normalized spacial score (nSPS) is 13.2. The van der Waals surface area contributed by atoms with E-state index in [1.54, 1.807) is 12.1 Å². The van der Waals surface area contributed by atoms with Crippen LogP contribution in [-0.4, -0.2) is 51.4 Å². The zero-order valence-corrected chi connectivity index (χ0v) is 13.6. The summed E-state index contributed by atoms with van der Waals surface area (Å²) in [5.41, 5.74) is 6.27. The van der Waals surface area contributed by atoms with E-state index < -0.39 is 16.1 Å². The van der Waals surface area contributed by atoms with Gasteiger partial charge in [-0.05, 0) is 30.7 Å². The molecule has 1 aromatic carbocycles. The maximum Gasteiger partial charge on any atom is 0.212 e. The van der Waals surface area contributed by atoms with Gasteiger partial charge in [0, 0.05) is 36.1 Å². The van der Waals surface area contributed by atoms with E-state index in [-0.39, 0.29) is 19.0 Å². The Bertz CT molecular complexity index is 499. The predicted molar refractivity (Wildman–Crippen MR) is 85.9 cm³/mol. The second-order valence-corrected chi connectivity index (χ2v) is 7.56. The number of anilines is 1. The largest absolute Gasteiger partial charge is 0.399 e. The lowest BCUT2D eigenvalue weighted by molar-refractivity contribution is 0.158. The summed E-state index contributed by atoms with van der Waals surface area (Å²) in [5.74, 6) is 0.450. The molecule has 1 unspecified atom stereocenters. The van der Waals surface area contributed by atoms with E-state index in [2.05, 4.69) is 4.72 Å². The van der Waals surface area contributed by atoms with Gasteiger partial charge in [-0.25, -0.2) is 13.1 Å². The lowest BCUT2D eigenvalue weighted by atomic mass is 10.2. The van der Waals surface area contributed by atoms with Gasteiger partial charge in [0.25, 0.3) is 0 Å². The Kier molecular flexibility index (Phi) is 8.05. The summed E-state index contributed by atoms with van der Waals surface area (Å²) < 4.78 is 31.4. The van der Waals surface area contributed by atoms with Gasteiger partial charge in [0.05, 0.1) is 12.4 Å². The molecule has 0 aliphatic rings. The van der Waals surface area contributed by atoms with Gasteiger partial charge in [0.1, 0.15) is 0 Å².